The van der Waals surface area contributed by atoms with Crippen LogP contribution in [0.2, 0.25) is 0 Å². The van der Waals surface area contributed by atoms with E-state index in [1.54, 1.807) is 0 Å². The second-order valence-corrected chi connectivity index (χ2v) is 5.71. The van der Waals surface area contributed by atoms with E-state index in [2.05, 4.69) is 41.0 Å². The third-order valence-electron chi connectivity index (χ3n) is 4.43. The van der Waals surface area contributed by atoms with E-state index >= 15 is 0 Å². The Hall–Kier alpha value is -2.29. The van der Waals surface area contributed by atoms with Crippen molar-refractivity contribution in [3.63, 3.8) is 0 Å². The standard InChI is InChI=1S/C18H18N2O/c21-18(19-11-5-6-12-19)13-20-16-9-3-1-7-14(16)15-8-2-4-10-17(15)20/h1-4,7-10H,5-6,11-13H2. The summed E-state index contributed by atoms with van der Waals surface area (Å²) in [5.74, 6) is 0.235. The summed E-state index contributed by atoms with van der Waals surface area (Å²) >= 11 is 0. The fourth-order valence-electron chi connectivity index (χ4n) is 3.38. The lowest BCUT2D eigenvalue weighted by Crippen LogP contribution is -2.30. The highest BCUT2D eigenvalue weighted by molar-refractivity contribution is 6.08. The number of hydrogen-bond donors (Lipinski definition) is 0. The van der Waals surface area contributed by atoms with Gasteiger partial charge in [0.15, 0.2) is 0 Å². The van der Waals surface area contributed by atoms with E-state index in [-0.39, 0.29) is 5.91 Å². The fourth-order valence-corrected chi connectivity index (χ4v) is 3.38. The van der Waals surface area contributed by atoms with Crippen LogP contribution < -0.4 is 0 Å². The van der Waals surface area contributed by atoms with Gasteiger partial charge in [-0.15, -0.1) is 0 Å². The molecule has 3 aromatic rings. The number of nitrogens with zero attached hydrogens (tertiary/aromatic N) is 2. The predicted octanol–water partition coefficient (Wildman–Crippen LogP) is 3.42. The minimum absolute atomic E-state index is 0.235. The number of fused-ring (bicyclic) bond motifs is 3. The van der Waals surface area contributed by atoms with Crippen LogP contribution in [0.25, 0.3) is 21.8 Å². The molecule has 1 amide bonds. The lowest BCUT2D eigenvalue weighted by atomic mass is 10.2. The molecule has 2 heterocycles. The maximum Gasteiger partial charge on any atom is 0.242 e. The second kappa shape index (κ2) is 4.92. The number of amides is 1. The zero-order chi connectivity index (χ0) is 14.2. The number of carbonyl (C=O) groups excluding carboxylic acids is 1. The highest BCUT2D eigenvalue weighted by Gasteiger charge is 2.20. The molecule has 0 radical (unpaired) electrons. The Bertz CT molecular complexity index is 759. The van der Waals surface area contributed by atoms with Crippen molar-refractivity contribution in [2.75, 3.05) is 13.1 Å². The summed E-state index contributed by atoms with van der Waals surface area (Å²) < 4.78 is 2.16. The number of aromatic nitrogens is 1. The van der Waals surface area contributed by atoms with Crippen molar-refractivity contribution in [3.8, 4) is 0 Å². The van der Waals surface area contributed by atoms with Gasteiger partial charge in [0.05, 0.1) is 0 Å². The summed E-state index contributed by atoms with van der Waals surface area (Å²) in [6.07, 6.45) is 2.28. The van der Waals surface area contributed by atoms with Crippen LogP contribution in [0, 0.1) is 0 Å². The third-order valence-corrected chi connectivity index (χ3v) is 4.43. The molecule has 0 saturated carbocycles. The van der Waals surface area contributed by atoms with Crippen LogP contribution >= 0.6 is 0 Å². The van der Waals surface area contributed by atoms with E-state index < -0.39 is 0 Å². The molecule has 0 N–H and O–H groups in total. The number of benzene rings is 2. The molecule has 1 saturated heterocycles. The third kappa shape index (κ3) is 2.00. The highest BCUT2D eigenvalue weighted by atomic mass is 16.2. The maximum atomic E-state index is 12.5. The molecule has 21 heavy (non-hydrogen) atoms. The van der Waals surface area contributed by atoms with E-state index in [1.165, 1.54) is 10.8 Å². The molecule has 0 atom stereocenters. The van der Waals surface area contributed by atoms with E-state index in [0.29, 0.717) is 6.54 Å². The average molecular weight is 278 g/mol. The predicted molar refractivity (Wildman–Crippen MR) is 85.3 cm³/mol. The van der Waals surface area contributed by atoms with Gasteiger partial charge in [-0.3, -0.25) is 4.79 Å². The topological polar surface area (TPSA) is 25.2 Å². The van der Waals surface area contributed by atoms with Crippen LogP contribution in [0.15, 0.2) is 48.5 Å². The Morgan fingerprint density at radius 1 is 0.857 bits per heavy atom. The normalized spacial score (nSPS) is 15.1. The Morgan fingerprint density at radius 3 is 1.95 bits per heavy atom. The molecule has 0 spiro atoms. The zero-order valence-electron chi connectivity index (χ0n) is 12.0. The van der Waals surface area contributed by atoms with Gasteiger partial charge in [0, 0.05) is 34.9 Å². The average Bonchev–Trinajstić information content (AvgIpc) is 3.15. The summed E-state index contributed by atoms with van der Waals surface area (Å²) in [6, 6.07) is 16.7. The summed E-state index contributed by atoms with van der Waals surface area (Å²) in [5, 5.41) is 2.45. The van der Waals surface area contributed by atoms with Crippen molar-refractivity contribution in [2.45, 2.75) is 19.4 Å². The Kier molecular flexibility index (Phi) is 2.92. The molecule has 1 aromatic heterocycles. The number of rotatable bonds is 2. The van der Waals surface area contributed by atoms with E-state index in [1.807, 2.05) is 17.0 Å². The van der Waals surface area contributed by atoms with Gasteiger partial charge in [0.25, 0.3) is 0 Å². The minimum atomic E-state index is 0.235. The Balaban J connectivity index is 1.83. The molecule has 4 rings (SSSR count). The van der Waals surface area contributed by atoms with Gasteiger partial charge in [-0.05, 0) is 25.0 Å². The largest absolute Gasteiger partial charge is 0.341 e. The van der Waals surface area contributed by atoms with Gasteiger partial charge in [0.2, 0.25) is 5.91 Å². The first-order chi connectivity index (χ1) is 10.3. The first-order valence-corrected chi connectivity index (χ1v) is 7.58. The van der Waals surface area contributed by atoms with Gasteiger partial charge in [0.1, 0.15) is 6.54 Å². The van der Waals surface area contributed by atoms with E-state index in [0.717, 1.165) is 37.0 Å². The van der Waals surface area contributed by atoms with Crippen LogP contribution in [0.5, 0.6) is 0 Å². The summed E-state index contributed by atoms with van der Waals surface area (Å²) in [6.45, 7) is 2.26. The number of carbonyl (C=O) groups is 1. The quantitative estimate of drug-likeness (QED) is 0.705. The Morgan fingerprint density at radius 2 is 1.38 bits per heavy atom. The molecule has 106 valence electrons. The number of hydrogen-bond acceptors (Lipinski definition) is 1. The molecule has 2 aromatic carbocycles. The van der Waals surface area contributed by atoms with Crippen molar-refractivity contribution in [3.05, 3.63) is 48.5 Å². The van der Waals surface area contributed by atoms with E-state index in [4.69, 9.17) is 0 Å². The van der Waals surface area contributed by atoms with Crippen molar-refractivity contribution >= 4 is 27.7 Å². The highest BCUT2D eigenvalue weighted by Crippen LogP contribution is 2.28. The minimum Gasteiger partial charge on any atom is -0.341 e. The fraction of sp³-hybridized carbons (Fsp3) is 0.278. The van der Waals surface area contributed by atoms with Gasteiger partial charge < -0.3 is 9.47 Å². The van der Waals surface area contributed by atoms with Crippen molar-refractivity contribution in [1.82, 2.24) is 9.47 Å². The van der Waals surface area contributed by atoms with Gasteiger partial charge in [-0.1, -0.05) is 36.4 Å². The van der Waals surface area contributed by atoms with Crippen LogP contribution in [0.1, 0.15) is 12.8 Å². The number of para-hydroxylation sites is 2. The first kappa shape index (κ1) is 12.5. The smallest absolute Gasteiger partial charge is 0.242 e. The SMILES string of the molecule is O=C(Cn1c2ccccc2c2ccccc21)N1CCCC1. The van der Waals surface area contributed by atoms with E-state index in [9.17, 15) is 4.79 Å². The molecule has 0 unspecified atom stereocenters. The molecular formula is C18H18N2O. The summed E-state index contributed by atoms with van der Waals surface area (Å²) in [4.78, 5) is 14.5. The zero-order valence-corrected chi connectivity index (χ0v) is 12.0. The molecule has 0 aliphatic carbocycles. The van der Waals surface area contributed by atoms with Crippen LogP contribution in [0.3, 0.4) is 0 Å². The lowest BCUT2D eigenvalue weighted by Gasteiger charge is -2.16. The molecular weight excluding hydrogens is 260 g/mol. The summed E-state index contributed by atoms with van der Waals surface area (Å²) in [7, 11) is 0. The van der Waals surface area contributed by atoms with Crippen molar-refractivity contribution in [1.29, 1.82) is 0 Å². The van der Waals surface area contributed by atoms with Crippen LogP contribution in [0.4, 0.5) is 0 Å². The first-order valence-electron chi connectivity index (χ1n) is 7.58. The molecule has 1 fully saturated rings. The Labute approximate surface area is 123 Å². The van der Waals surface area contributed by atoms with Crippen molar-refractivity contribution < 1.29 is 4.79 Å². The maximum absolute atomic E-state index is 12.5. The lowest BCUT2D eigenvalue weighted by molar-refractivity contribution is -0.130. The molecule has 3 nitrogen and oxygen atoms in total. The number of likely N-dealkylation sites (tertiary alicyclic amines) is 1. The van der Waals surface area contributed by atoms with Gasteiger partial charge in [-0.25, -0.2) is 0 Å². The molecule has 0 bridgehead atoms. The molecule has 1 aliphatic rings. The summed E-state index contributed by atoms with van der Waals surface area (Å²) in [5.41, 5.74) is 2.29. The molecule has 3 heteroatoms. The molecule has 1 aliphatic heterocycles. The van der Waals surface area contributed by atoms with Crippen LogP contribution in [-0.4, -0.2) is 28.5 Å². The monoisotopic (exact) mass is 278 g/mol. The van der Waals surface area contributed by atoms with Crippen LogP contribution in [-0.2, 0) is 11.3 Å². The van der Waals surface area contributed by atoms with Gasteiger partial charge in [-0.2, -0.15) is 0 Å². The van der Waals surface area contributed by atoms with Crippen molar-refractivity contribution in [2.24, 2.45) is 0 Å². The second-order valence-electron chi connectivity index (χ2n) is 5.71. The van der Waals surface area contributed by atoms with Gasteiger partial charge >= 0.3 is 0 Å².